The molecule has 36 heavy (non-hydrogen) atoms. The van der Waals surface area contributed by atoms with Crippen molar-refractivity contribution in [1.82, 2.24) is 9.88 Å². The quantitative estimate of drug-likeness (QED) is 0.388. The first-order chi connectivity index (χ1) is 17.3. The van der Waals surface area contributed by atoms with Crippen molar-refractivity contribution in [2.75, 3.05) is 26.3 Å². The highest BCUT2D eigenvalue weighted by Crippen LogP contribution is 2.47. The lowest BCUT2D eigenvalue weighted by Crippen LogP contribution is -2.39. The number of morpholine rings is 1. The normalized spacial score (nSPS) is 15.6. The molecule has 1 atom stereocenters. The molecule has 1 fully saturated rings. The van der Waals surface area contributed by atoms with Crippen molar-refractivity contribution in [3.63, 3.8) is 0 Å². The van der Waals surface area contributed by atoms with Crippen LogP contribution in [0.1, 0.15) is 41.4 Å². The molecular formula is C26H24F2N2O6. The van der Waals surface area contributed by atoms with Gasteiger partial charge in [0.2, 0.25) is 5.88 Å². The number of fused-ring (bicyclic) bond motifs is 3. The standard InChI is InChI=1S/C26H24F2N2O6/c1-13(2)36-20-9-14(3-4-29-20)23(30-5-7-34-8-6-30)22-21-17(26(32)33)12-35-25(21)16-11-19(28)18(27)10-15(16)24(22)31/h3-4,9-13,23,31H,5-8H2,1-2H3,(H,32,33). The number of rotatable bonds is 6. The second-order valence-electron chi connectivity index (χ2n) is 8.88. The molecule has 8 nitrogen and oxygen atoms in total. The van der Waals surface area contributed by atoms with Crippen LogP contribution in [0.5, 0.6) is 11.6 Å². The van der Waals surface area contributed by atoms with Gasteiger partial charge in [-0.05, 0) is 37.6 Å². The number of benzene rings is 2. The molecule has 2 aromatic carbocycles. The van der Waals surface area contributed by atoms with Gasteiger partial charge in [-0.15, -0.1) is 0 Å². The van der Waals surface area contributed by atoms with Gasteiger partial charge < -0.3 is 24.1 Å². The highest BCUT2D eigenvalue weighted by atomic mass is 19.2. The first-order valence-electron chi connectivity index (χ1n) is 11.5. The summed E-state index contributed by atoms with van der Waals surface area (Å²) in [6.45, 7) is 5.53. The Morgan fingerprint density at radius 1 is 1.14 bits per heavy atom. The molecule has 1 unspecified atom stereocenters. The third-order valence-corrected chi connectivity index (χ3v) is 6.22. The summed E-state index contributed by atoms with van der Waals surface area (Å²) >= 11 is 0. The molecule has 2 N–H and O–H groups in total. The van der Waals surface area contributed by atoms with E-state index >= 15 is 0 Å². The number of carboxylic acid groups (broad SMARTS) is 1. The second kappa shape index (κ2) is 9.36. The molecule has 0 bridgehead atoms. The SMILES string of the molecule is CC(C)Oc1cc(C(c2c(O)c3cc(F)c(F)cc3c3occ(C(=O)O)c23)N2CCOCC2)ccn1. The van der Waals surface area contributed by atoms with Crippen LogP contribution in [0.4, 0.5) is 8.78 Å². The monoisotopic (exact) mass is 498 g/mol. The third-order valence-electron chi connectivity index (χ3n) is 6.22. The maximum Gasteiger partial charge on any atom is 0.339 e. The molecule has 1 aliphatic rings. The summed E-state index contributed by atoms with van der Waals surface area (Å²) in [6.07, 6.45) is 2.48. The number of carbonyl (C=O) groups is 1. The Morgan fingerprint density at radius 3 is 2.50 bits per heavy atom. The molecule has 1 aliphatic heterocycles. The lowest BCUT2D eigenvalue weighted by molar-refractivity contribution is 0.0237. The Bertz CT molecular complexity index is 1460. The molecule has 4 aromatic rings. The fourth-order valence-electron chi connectivity index (χ4n) is 4.74. The summed E-state index contributed by atoms with van der Waals surface area (Å²) in [6, 6.07) is 4.57. The maximum absolute atomic E-state index is 14.3. The molecule has 0 radical (unpaired) electrons. The predicted molar refractivity (Wildman–Crippen MR) is 126 cm³/mol. The molecule has 0 spiro atoms. The van der Waals surface area contributed by atoms with Gasteiger partial charge in [0.1, 0.15) is 23.2 Å². The zero-order chi connectivity index (χ0) is 25.6. The smallest absolute Gasteiger partial charge is 0.339 e. The summed E-state index contributed by atoms with van der Waals surface area (Å²) in [5.74, 6) is -3.57. The number of pyridine rings is 1. The van der Waals surface area contributed by atoms with E-state index in [1.165, 1.54) is 0 Å². The Balaban J connectivity index is 1.86. The van der Waals surface area contributed by atoms with Gasteiger partial charge >= 0.3 is 5.97 Å². The number of halogens is 2. The molecular weight excluding hydrogens is 474 g/mol. The molecule has 0 amide bonds. The Kier molecular flexibility index (Phi) is 6.23. The summed E-state index contributed by atoms with van der Waals surface area (Å²) in [7, 11) is 0. The van der Waals surface area contributed by atoms with Crippen molar-refractivity contribution in [3.8, 4) is 11.6 Å². The van der Waals surface area contributed by atoms with Gasteiger partial charge in [0, 0.05) is 47.1 Å². The van der Waals surface area contributed by atoms with E-state index in [-0.39, 0.29) is 44.7 Å². The van der Waals surface area contributed by atoms with Crippen molar-refractivity contribution in [1.29, 1.82) is 0 Å². The zero-order valence-corrected chi connectivity index (χ0v) is 19.6. The predicted octanol–water partition coefficient (Wildman–Crippen LogP) is 4.87. The van der Waals surface area contributed by atoms with Gasteiger partial charge in [0.05, 0.1) is 25.4 Å². The molecule has 3 heterocycles. The van der Waals surface area contributed by atoms with E-state index in [1.807, 2.05) is 18.7 Å². The van der Waals surface area contributed by atoms with Crippen LogP contribution in [-0.2, 0) is 4.74 Å². The average molecular weight is 498 g/mol. The first-order valence-corrected chi connectivity index (χ1v) is 11.5. The van der Waals surface area contributed by atoms with Crippen LogP contribution in [0.3, 0.4) is 0 Å². The molecule has 2 aromatic heterocycles. The largest absolute Gasteiger partial charge is 0.507 e. The van der Waals surface area contributed by atoms with Crippen LogP contribution in [-0.4, -0.2) is 58.5 Å². The van der Waals surface area contributed by atoms with Crippen LogP contribution in [0, 0.1) is 11.6 Å². The van der Waals surface area contributed by atoms with Crippen molar-refractivity contribution in [2.24, 2.45) is 0 Å². The summed E-state index contributed by atoms with van der Waals surface area (Å²) in [5, 5.41) is 21.6. The summed E-state index contributed by atoms with van der Waals surface area (Å²) in [4.78, 5) is 18.5. The van der Waals surface area contributed by atoms with Crippen LogP contribution in [0.15, 0.2) is 41.1 Å². The molecule has 1 saturated heterocycles. The van der Waals surface area contributed by atoms with Crippen molar-refractivity contribution in [3.05, 3.63) is 65.1 Å². The third kappa shape index (κ3) is 4.12. The van der Waals surface area contributed by atoms with E-state index < -0.39 is 23.6 Å². The van der Waals surface area contributed by atoms with Crippen LogP contribution < -0.4 is 4.74 Å². The summed E-state index contributed by atoms with van der Waals surface area (Å²) < 4.78 is 45.4. The topological polar surface area (TPSA) is 105 Å². The minimum absolute atomic E-state index is 0.00802. The number of nitrogens with zero attached hydrogens (tertiary/aromatic N) is 2. The number of ether oxygens (including phenoxy) is 2. The number of hydrogen-bond acceptors (Lipinski definition) is 7. The van der Waals surface area contributed by atoms with Gasteiger partial charge in [0.15, 0.2) is 11.6 Å². The van der Waals surface area contributed by atoms with Gasteiger partial charge in [-0.25, -0.2) is 18.6 Å². The lowest BCUT2D eigenvalue weighted by atomic mass is 9.89. The number of aromatic carboxylic acids is 1. The average Bonchev–Trinajstić information content (AvgIpc) is 3.28. The highest BCUT2D eigenvalue weighted by molar-refractivity contribution is 6.15. The van der Waals surface area contributed by atoms with E-state index in [1.54, 1.807) is 18.3 Å². The summed E-state index contributed by atoms with van der Waals surface area (Å²) in [5.41, 5.74) is 0.713. The fraction of sp³-hybridized carbons (Fsp3) is 0.308. The van der Waals surface area contributed by atoms with Crippen LogP contribution in [0.25, 0.3) is 21.7 Å². The van der Waals surface area contributed by atoms with Gasteiger partial charge in [-0.1, -0.05) is 0 Å². The minimum Gasteiger partial charge on any atom is -0.507 e. The van der Waals surface area contributed by atoms with Crippen molar-refractivity contribution < 1.29 is 37.7 Å². The van der Waals surface area contributed by atoms with E-state index in [4.69, 9.17) is 13.9 Å². The van der Waals surface area contributed by atoms with Crippen molar-refractivity contribution in [2.45, 2.75) is 26.0 Å². The Morgan fingerprint density at radius 2 is 1.83 bits per heavy atom. The Labute approximate surface area is 204 Å². The number of hydrogen-bond donors (Lipinski definition) is 2. The number of aromatic hydroxyl groups is 1. The van der Waals surface area contributed by atoms with Gasteiger partial charge in [0.25, 0.3) is 0 Å². The Hall–Kier alpha value is -3.76. The second-order valence-corrected chi connectivity index (χ2v) is 8.88. The van der Waals surface area contributed by atoms with Crippen molar-refractivity contribution >= 4 is 27.7 Å². The molecule has 0 aliphatic carbocycles. The van der Waals surface area contributed by atoms with E-state index in [2.05, 4.69) is 4.98 Å². The molecule has 188 valence electrons. The minimum atomic E-state index is -1.28. The first kappa shape index (κ1) is 24.0. The number of furan rings is 1. The van der Waals surface area contributed by atoms with Crippen LogP contribution >= 0.6 is 0 Å². The number of carboxylic acids is 1. The van der Waals surface area contributed by atoms with Gasteiger partial charge in [-0.2, -0.15) is 0 Å². The lowest BCUT2D eigenvalue weighted by Gasteiger charge is -2.36. The van der Waals surface area contributed by atoms with Crippen LogP contribution in [0.2, 0.25) is 0 Å². The van der Waals surface area contributed by atoms with E-state index in [9.17, 15) is 23.8 Å². The van der Waals surface area contributed by atoms with Gasteiger partial charge in [-0.3, -0.25) is 4.90 Å². The van der Waals surface area contributed by atoms with E-state index in [0.717, 1.165) is 18.4 Å². The number of phenolic OH excluding ortho intramolecular Hbond substituents is 1. The van der Waals surface area contributed by atoms with E-state index in [0.29, 0.717) is 37.7 Å². The highest BCUT2D eigenvalue weighted by Gasteiger charge is 2.33. The maximum atomic E-state index is 14.3. The zero-order valence-electron chi connectivity index (χ0n) is 19.6. The number of phenols is 1. The molecule has 10 heteroatoms. The molecule has 5 rings (SSSR count). The fourth-order valence-corrected chi connectivity index (χ4v) is 4.74. The molecule has 0 saturated carbocycles. The number of aromatic nitrogens is 1.